The van der Waals surface area contributed by atoms with E-state index in [1.807, 2.05) is 0 Å². The highest BCUT2D eigenvalue weighted by molar-refractivity contribution is 7.80. The van der Waals surface area contributed by atoms with E-state index in [1.165, 1.54) is 0 Å². The number of hydrogen-bond donors (Lipinski definition) is 1. The van der Waals surface area contributed by atoms with Crippen LogP contribution in [0.15, 0.2) is 0 Å². The van der Waals surface area contributed by atoms with E-state index in [-0.39, 0.29) is 5.44 Å². The van der Waals surface area contributed by atoms with Crippen molar-refractivity contribution in [3.05, 3.63) is 0 Å². The second-order valence-electron chi connectivity index (χ2n) is 1.80. The normalized spacial score (nSPS) is 13.7. The molecule has 0 fully saturated rings. The van der Waals surface area contributed by atoms with E-state index < -0.39 is 0 Å². The zero-order valence-electron chi connectivity index (χ0n) is 5.64. The van der Waals surface area contributed by atoms with Crippen molar-refractivity contribution in [2.24, 2.45) is 0 Å². The average molecular weight is 169 g/mol. The fourth-order valence-electron chi connectivity index (χ4n) is 0.511. The second kappa shape index (κ2) is 6.72. The molecule has 0 aromatic rings. The third kappa shape index (κ3) is 6.49. The Hall–Kier alpha value is 0.600. The van der Waals surface area contributed by atoms with Crippen LogP contribution >= 0.6 is 24.2 Å². The Kier molecular flexibility index (Phi) is 7.16. The van der Waals surface area contributed by atoms with Gasteiger partial charge in [-0.25, -0.2) is 0 Å². The maximum Gasteiger partial charge on any atom is 0.1000 e. The van der Waals surface area contributed by atoms with Gasteiger partial charge in [0.25, 0.3) is 0 Å². The van der Waals surface area contributed by atoms with Gasteiger partial charge in [-0.05, 0) is 6.42 Å². The summed E-state index contributed by atoms with van der Waals surface area (Å²) in [7, 11) is 0. The lowest BCUT2D eigenvalue weighted by atomic mass is 10.4. The summed E-state index contributed by atoms with van der Waals surface area (Å²) in [4.78, 5) is 0. The molecule has 0 heterocycles. The topological polar surface area (TPSA) is 9.23 Å². The third-order valence-electron chi connectivity index (χ3n) is 0.923. The van der Waals surface area contributed by atoms with Crippen molar-refractivity contribution in [3.63, 3.8) is 0 Å². The number of hydrogen-bond acceptors (Lipinski definition) is 2. The minimum atomic E-state index is 0.0775. The standard InChI is InChI=1S/C6H13ClOS/c1-2-3-6(9)8-5-4-7/h6,9H,2-5H2,1H3. The highest BCUT2D eigenvalue weighted by Gasteiger charge is 1.98. The Morgan fingerprint density at radius 2 is 2.33 bits per heavy atom. The smallest absolute Gasteiger partial charge is 0.1000 e. The molecule has 56 valence electrons. The largest absolute Gasteiger partial charge is 0.367 e. The van der Waals surface area contributed by atoms with Crippen molar-refractivity contribution in [3.8, 4) is 0 Å². The predicted molar refractivity (Wildman–Crippen MR) is 44.4 cm³/mol. The summed E-state index contributed by atoms with van der Waals surface area (Å²) in [6.45, 7) is 2.71. The van der Waals surface area contributed by atoms with Gasteiger partial charge in [-0.1, -0.05) is 13.3 Å². The first-order valence-electron chi connectivity index (χ1n) is 3.17. The molecular weight excluding hydrogens is 156 g/mol. The molecule has 0 aromatic heterocycles. The van der Waals surface area contributed by atoms with Gasteiger partial charge in [0.1, 0.15) is 0 Å². The van der Waals surface area contributed by atoms with Gasteiger partial charge in [0.15, 0.2) is 0 Å². The molecule has 0 aliphatic heterocycles. The summed E-state index contributed by atoms with van der Waals surface area (Å²) < 4.78 is 5.16. The molecule has 0 saturated heterocycles. The van der Waals surface area contributed by atoms with Crippen LogP contribution in [-0.2, 0) is 4.74 Å². The number of thiol groups is 1. The molecule has 0 rings (SSSR count). The molecule has 1 nitrogen and oxygen atoms in total. The van der Waals surface area contributed by atoms with Gasteiger partial charge in [0.05, 0.1) is 12.0 Å². The molecule has 0 amide bonds. The summed E-state index contributed by atoms with van der Waals surface area (Å²) in [6.07, 6.45) is 2.11. The van der Waals surface area contributed by atoms with Crippen LogP contribution in [0.5, 0.6) is 0 Å². The monoisotopic (exact) mass is 168 g/mol. The first-order chi connectivity index (χ1) is 4.31. The van der Waals surface area contributed by atoms with Gasteiger partial charge in [-0.15, -0.1) is 24.2 Å². The minimum absolute atomic E-state index is 0.0775. The van der Waals surface area contributed by atoms with Crippen molar-refractivity contribution in [2.75, 3.05) is 12.5 Å². The van der Waals surface area contributed by atoms with Crippen molar-refractivity contribution >= 4 is 24.2 Å². The Morgan fingerprint density at radius 1 is 1.67 bits per heavy atom. The van der Waals surface area contributed by atoms with Gasteiger partial charge in [0.2, 0.25) is 0 Å². The van der Waals surface area contributed by atoms with Crippen LogP contribution in [0.2, 0.25) is 0 Å². The van der Waals surface area contributed by atoms with Gasteiger partial charge < -0.3 is 4.74 Å². The van der Waals surface area contributed by atoms with E-state index in [1.54, 1.807) is 0 Å². The van der Waals surface area contributed by atoms with Crippen LogP contribution in [0.25, 0.3) is 0 Å². The summed E-state index contributed by atoms with van der Waals surface area (Å²) in [6, 6.07) is 0. The predicted octanol–water partition coefficient (Wildman–Crippen LogP) is 2.30. The van der Waals surface area contributed by atoms with Gasteiger partial charge in [-0.2, -0.15) is 0 Å². The lowest BCUT2D eigenvalue weighted by molar-refractivity contribution is 0.122. The SMILES string of the molecule is CCCC(S)OCCCl. The molecule has 0 bridgehead atoms. The molecule has 0 saturated carbocycles. The van der Waals surface area contributed by atoms with Gasteiger partial charge in [0, 0.05) is 5.88 Å². The summed E-state index contributed by atoms with van der Waals surface area (Å²) in [5.41, 5.74) is 0.0775. The van der Waals surface area contributed by atoms with Crippen molar-refractivity contribution in [1.29, 1.82) is 0 Å². The van der Waals surface area contributed by atoms with Gasteiger partial charge >= 0.3 is 0 Å². The molecule has 1 atom stereocenters. The zero-order chi connectivity index (χ0) is 7.11. The fraction of sp³-hybridized carbons (Fsp3) is 1.00. The van der Waals surface area contributed by atoms with Crippen LogP contribution in [0.1, 0.15) is 19.8 Å². The van der Waals surface area contributed by atoms with E-state index in [2.05, 4.69) is 19.6 Å². The zero-order valence-corrected chi connectivity index (χ0v) is 7.29. The Morgan fingerprint density at radius 3 is 2.78 bits per heavy atom. The highest BCUT2D eigenvalue weighted by atomic mass is 35.5. The maximum absolute atomic E-state index is 5.39. The first-order valence-corrected chi connectivity index (χ1v) is 4.22. The van der Waals surface area contributed by atoms with Crippen molar-refractivity contribution < 1.29 is 4.74 Å². The molecule has 9 heavy (non-hydrogen) atoms. The van der Waals surface area contributed by atoms with E-state index in [0.29, 0.717) is 12.5 Å². The summed E-state index contributed by atoms with van der Waals surface area (Å²) >= 11 is 9.55. The van der Waals surface area contributed by atoms with E-state index in [0.717, 1.165) is 12.8 Å². The third-order valence-corrected chi connectivity index (χ3v) is 1.48. The molecule has 0 aliphatic rings. The summed E-state index contributed by atoms with van der Waals surface area (Å²) in [5, 5.41) is 0. The fourth-order valence-corrected chi connectivity index (χ4v) is 0.964. The molecule has 0 aliphatic carbocycles. The van der Waals surface area contributed by atoms with Crippen LogP contribution < -0.4 is 0 Å². The van der Waals surface area contributed by atoms with Crippen molar-refractivity contribution in [2.45, 2.75) is 25.2 Å². The molecule has 0 spiro atoms. The quantitative estimate of drug-likeness (QED) is 0.377. The Balaban J connectivity index is 2.95. The summed E-state index contributed by atoms with van der Waals surface area (Å²) in [5.74, 6) is 0.556. The van der Waals surface area contributed by atoms with Crippen molar-refractivity contribution in [1.82, 2.24) is 0 Å². The molecule has 0 aromatic carbocycles. The van der Waals surface area contributed by atoms with Crippen LogP contribution in [0.4, 0.5) is 0 Å². The number of rotatable bonds is 5. The molecule has 0 radical (unpaired) electrons. The van der Waals surface area contributed by atoms with Crippen LogP contribution in [0, 0.1) is 0 Å². The first kappa shape index (κ1) is 9.60. The lowest BCUT2D eigenvalue weighted by Crippen LogP contribution is -2.06. The molecule has 0 N–H and O–H groups in total. The molecular formula is C6H13ClOS. The second-order valence-corrected chi connectivity index (χ2v) is 2.76. The molecule has 1 unspecified atom stereocenters. The van der Waals surface area contributed by atoms with Crippen LogP contribution in [0.3, 0.4) is 0 Å². The number of halogens is 1. The van der Waals surface area contributed by atoms with Gasteiger partial charge in [-0.3, -0.25) is 0 Å². The maximum atomic E-state index is 5.39. The van der Waals surface area contributed by atoms with Crippen LogP contribution in [-0.4, -0.2) is 17.9 Å². The van der Waals surface area contributed by atoms with E-state index in [9.17, 15) is 0 Å². The average Bonchev–Trinajstić information content (AvgIpc) is 1.85. The Labute approximate surface area is 67.1 Å². The minimum Gasteiger partial charge on any atom is -0.367 e. The Bertz CT molecular complexity index is 61.0. The lowest BCUT2D eigenvalue weighted by Gasteiger charge is -2.08. The highest BCUT2D eigenvalue weighted by Crippen LogP contribution is 2.05. The number of alkyl halides is 1. The number of ether oxygens (including phenoxy) is 1. The molecule has 3 heteroatoms. The van der Waals surface area contributed by atoms with E-state index in [4.69, 9.17) is 16.3 Å². The van der Waals surface area contributed by atoms with E-state index >= 15 is 0 Å².